The predicted molar refractivity (Wildman–Crippen MR) is 80.9 cm³/mol. The minimum atomic E-state index is 0.722. The summed E-state index contributed by atoms with van der Waals surface area (Å²) in [5.41, 5.74) is 1.04. The summed E-state index contributed by atoms with van der Waals surface area (Å²) in [4.78, 5) is 2.39. The second kappa shape index (κ2) is 6.71. The van der Waals surface area contributed by atoms with Crippen LogP contribution in [0.5, 0.6) is 0 Å². The number of thiocarbonyl (C=S) groups is 1. The Morgan fingerprint density at radius 2 is 1.94 bits per heavy atom. The van der Waals surface area contributed by atoms with Crippen LogP contribution in [-0.4, -0.2) is 36.7 Å². The standard InChI is InChI=1S/C14H21N3S/c1-17-9-7-12(8-10-17)11-15-14(18)16-13-5-3-2-4-6-13/h2-6,12H,7-11H2,1H3,(H2,15,16,18). The quantitative estimate of drug-likeness (QED) is 0.819. The predicted octanol–water partition coefficient (Wildman–Crippen LogP) is 2.31. The summed E-state index contributed by atoms with van der Waals surface area (Å²) < 4.78 is 0. The number of hydrogen-bond donors (Lipinski definition) is 2. The Bertz CT molecular complexity index is 372. The Labute approximate surface area is 115 Å². The van der Waals surface area contributed by atoms with E-state index < -0.39 is 0 Å². The molecule has 98 valence electrons. The molecule has 2 rings (SSSR count). The van der Waals surface area contributed by atoms with Crippen LogP contribution in [0.2, 0.25) is 0 Å². The number of anilines is 1. The Morgan fingerprint density at radius 1 is 1.28 bits per heavy atom. The summed E-state index contributed by atoms with van der Waals surface area (Å²) in [6.45, 7) is 3.38. The molecule has 1 aromatic rings. The number of hydrogen-bond acceptors (Lipinski definition) is 2. The number of piperidine rings is 1. The number of para-hydroxylation sites is 1. The molecule has 3 nitrogen and oxygen atoms in total. The molecule has 0 bridgehead atoms. The van der Waals surface area contributed by atoms with Gasteiger partial charge in [-0.15, -0.1) is 0 Å². The van der Waals surface area contributed by atoms with Gasteiger partial charge in [0.05, 0.1) is 0 Å². The van der Waals surface area contributed by atoms with Crippen LogP contribution in [0.15, 0.2) is 30.3 Å². The van der Waals surface area contributed by atoms with Gasteiger partial charge in [0.2, 0.25) is 0 Å². The molecule has 1 saturated heterocycles. The molecule has 2 N–H and O–H groups in total. The Kier molecular flexibility index (Phi) is 4.96. The Morgan fingerprint density at radius 3 is 2.61 bits per heavy atom. The van der Waals surface area contributed by atoms with Gasteiger partial charge in [0.25, 0.3) is 0 Å². The number of nitrogens with zero attached hydrogens (tertiary/aromatic N) is 1. The Balaban J connectivity index is 1.69. The van der Waals surface area contributed by atoms with Crippen molar-refractivity contribution in [1.29, 1.82) is 0 Å². The molecule has 0 amide bonds. The van der Waals surface area contributed by atoms with E-state index in [1.165, 1.54) is 25.9 Å². The number of rotatable bonds is 3. The first-order valence-corrected chi connectivity index (χ1v) is 6.93. The van der Waals surface area contributed by atoms with Crippen LogP contribution in [-0.2, 0) is 0 Å². The van der Waals surface area contributed by atoms with Gasteiger partial charge < -0.3 is 15.5 Å². The minimum absolute atomic E-state index is 0.722. The van der Waals surface area contributed by atoms with Gasteiger partial charge in [-0.3, -0.25) is 0 Å². The molecule has 0 atom stereocenters. The Hall–Kier alpha value is -1.13. The van der Waals surface area contributed by atoms with Crippen molar-refractivity contribution in [3.63, 3.8) is 0 Å². The molecule has 1 heterocycles. The van der Waals surface area contributed by atoms with Crippen molar-refractivity contribution in [2.75, 3.05) is 32.0 Å². The van der Waals surface area contributed by atoms with Gasteiger partial charge in [-0.2, -0.15) is 0 Å². The van der Waals surface area contributed by atoms with Crippen molar-refractivity contribution >= 4 is 23.0 Å². The van der Waals surface area contributed by atoms with Crippen LogP contribution < -0.4 is 10.6 Å². The summed E-state index contributed by atoms with van der Waals surface area (Å²) in [6.07, 6.45) is 2.52. The van der Waals surface area contributed by atoms with E-state index in [1.807, 2.05) is 30.3 Å². The summed E-state index contributed by atoms with van der Waals surface area (Å²) in [7, 11) is 2.19. The first-order valence-electron chi connectivity index (χ1n) is 6.52. The average Bonchev–Trinajstić information content (AvgIpc) is 2.39. The average molecular weight is 263 g/mol. The molecule has 0 aromatic heterocycles. The highest BCUT2D eigenvalue weighted by atomic mass is 32.1. The molecular formula is C14H21N3S. The topological polar surface area (TPSA) is 27.3 Å². The molecule has 0 spiro atoms. The van der Waals surface area contributed by atoms with Gasteiger partial charge >= 0.3 is 0 Å². The SMILES string of the molecule is CN1CCC(CNC(=S)Nc2ccccc2)CC1. The molecule has 1 aliphatic heterocycles. The maximum Gasteiger partial charge on any atom is 0.170 e. The zero-order valence-electron chi connectivity index (χ0n) is 10.9. The van der Waals surface area contributed by atoms with Crippen LogP contribution >= 0.6 is 12.2 Å². The first kappa shape index (κ1) is 13.3. The molecule has 0 radical (unpaired) electrons. The van der Waals surface area contributed by atoms with Crippen LogP contribution in [0.1, 0.15) is 12.8 Å². The second-order valence-electron chi connectivity index (χ2n) is 4.95. The fraction of sp³-hybridized carbons (Fsp3) is 0.500. The van der Waals surface area contributed by atoms with Crippen LogP contribution in [0.25, 0.3) is 0 Å². The third kappa shape index (κ3) is 4.27. The third-order valence-corrected chi connectivity index (χ3v) is 3.67. The maximum absolute atomic E-state index is 5.30. The molecule has 0 aliphatic carbocycles. The monoisotopic (exact) mass is 263 g/mol. The lowest BCUT2D eigenvalue weighted by Crippen LogP contribution is -2.38. The molecule has 4 heteroatoms. The normalized spacial score (nSPS) is 17.4. The van der Waals surface area contributed by atoms with Crippen molar-refractivity contribution < 1.29 is 0 Å². The smallest absolute Gasteiger partial charge is 0.170 e. The van der Waals surface area contributed by atoms with E-state index in [1.54, 1.807) is 0 Å². The largest absolute Gasteiger partial charge is 0.362 e. The molecular weight excluding hydrogens is 242 g/mol. The fourth-order valence-electron chi connectivity index (χ4n) is 2.20. The van der Waals surface area contributed by atoms with Gasteiger partial charge in [0.15, 0.2) is 5.11 Å². The van der Waals surface area contributed by atoms with Crippen molar-refractivity contribution in [3.05, 3.63) is 30.3 Å². The number of likely N-dealkylation sites (tertiary alicyclic amines) is 1. The molecule has 1 aromatic carbocycles. The zero-order chi connectivity index (χ0) is 12.8. The zero-order valence-corrected chi connectivity index (χ0v) is 11.7. The van der Waals surface area contributed by atoms with Crippen molar-refractivity contribution in [2.45, 2.75) is 12.8 Å². The maximum atomic E-state index is 5.30. The van der Waals surface area contributed by atoms with Crippen molar-refractivity contribution in [1.82, 2.24) is 10.2 Å². The number of nitrogens with one attached hydrogen (secondary N) is 2. The second-order valence-corrected chi connectivity index (χ2v) is 5.36. The first-order chi connectivity index (χ1) is 8.74. The lowest BCUT2D eigenvalue weighted by Gasteiger charge is -2.29. The summed E-state index contributed by atoms with van der Waals surface area (Å²) in [5.74, 6) is 0.747. The molecule has 0 saturated carbocycles. The van der Waals surface area contributed by atoms with Crippen LogP contribution in [0, 0.1) is 5.92 Å². The van der Waals surface area contributed by atoms with E-state index in [4.69, 9.17) is 12.2 Å². The van der Waals surface area contributed by atoms with E-state index in [-0.39, 0.29) is 0 Å². The summed E-state index contributed by atoms with van der Waals surface area (Å²) in [6, 6.07) is 10.0. The van der Waals surface area contributed by atoms with E-state index in [2.05, 4.69) is 22.6 Å². The van der Waals surface area contributed by atoms with Gasteiger partial charge in [-0.05, 0) is 63.2 Å². The summed E-state index contributed by atoms with van der Waals surface area (Å²) in [5, 5.41) is 7.24. The summed E-state index contributed by atoms with van der Waals surface area (Å²) >= 11 is 5.30. The van der Waals surface area contributed by atoms with E-state index >= 15 is 0 Å². The molecule has 1 aliphatic rings. The van der Waals surface area contributed by atoms with Crippen molar-refractivity contribution in [2.24, 2.45) is 5.92 Å². The van der Waals surface area contributed by atoms with Crippen molar-refractivity contribution in [3.8, 4) is 0 Å². The van der Waals surface area contributed by atoms with Gasteiger partial charge in [0.1, 0.15) is 0 Å². The van der Waals surface area contributed by atoms with Gasteiger partial charge in [-0.1, -0.05) is 18.2 Å². The van der Waals surface area contributed by atoms with Gasteiger partial charge in [-0.25, -0.2) is 0 Å². The van der Waals surface area contributed by atoms with Crippen LogP contribution in [0.4, 0.5) is 5.69 Å². The number of benzene rings is 1. The molecule has 0 unspecified atom stereocenters. The lowest BCUT2D eigenvalue weighted by molar-refractivity contribution is 0.220. The van der Waals surface area contributed by atoms with E-state index in [0.717, 1.165) is 23.3 Å². The molecule has 1 fully saturated rings. The minimum Gasteiger partial charge on any atom is -0.362 e. The highest BCUT2D eigenvalue weighted by molar-refractivity contribution is 7.80. The highest BCUT2D eigenvalue weighted by Gasteiger charge is 2.16. The lowest BCUT2D eigenvalue weighted by atomic mass is 9.97. The highest BCUT2D eigenvalue weighted by Crippen LogP contribution is 2.14. The van der Waals surface area contributed by atoms with Crippen LogP contribution in [0.3, 0.4) is 0 Å². The van der Waals surface area contributed by atoms with Gasteiger partial charge in [0, 0.05) is 12.2 Å². The third-order valence-electron chi connectivity index (χ3n) is 3.42. The molecule has 18 heavy (non-hydrogen) atoms. The van der Waals surface area contributed by atoms with E-state index in [9.17, 15) is 0 Å². The fourth-order valence-corrected chi connectivity index (χ4v) is 2.40. The van der Waals surface area contributed by atoms with E-state index in [0.29, 0.717) is 0 Å².